The quantitative estimate of drug-likeness (QED) is 0.578. The molecule has 5 heteroatoms. The number of carbonyl (C=O) groups is 3. The summed E-state index contributed by atoms with van der Waals surface area (Å²) < 4.78 is 4.79. The average Bonchev–Trinajstić information content (AvgIpc) is 2.36. The molecular weight excluding hydrogens is 282 g/mol. The molecule has 0 N–H and O–H groups in total. The highest BCUT2D eigenvalue weighted by Crippen LogP contribution is 2.41. The molecule has 124 valence electrons. The Bertz CT molecular complexity index is 491. The zero-order chi connectivity index (χ0) is 17.1. The van der Waals surface area contributed by atoms with Crippen molar-refractivity contribution in [3.05, 3.63) is 0 Å². The maximum absolute atomic E-state index is 12.8. The molecule has 0 saturated heterocycles. The highest BCUT2D eigenvalue weighted by molar-refractivity contribution is 6.26. The fourth-order valence-corrected chi connectivity index (χ4v) is 3.13. The largest absolute Gasteiger partial charge is 0.468 e. The molecule has 0 heterocycles. The van der Waals surface area contributed by atoms with Crippen LogP contribution >= 0.6 is 0 Å². The van der Waals surface area contributed by atoms with Gasteiger partial charge in [0.05, 0.1) is 7.11 Å². The van der Waals surface area contributed by atoms with Gasteiger partial charge in [-0.1, -0.05) is 20.8 Å². The SMILES string of the molecule is CCCC(=O)[C@H]1C(=O)[C@@H](C(=O)OC)C(C)(C)CC1=NC(C)C. The highest BCUT2D eigenvalue weighted by Gasteiger charge is 2.52. The number of methoxy groups -OCH3 is 1. The maximum Gasteiger partial charge on any atom is 0.316 e. The van der Waals surface area contributed by atoms with Gasteiger partial charge in [0.2, 0.25) is 0 Å². The summed E-state index contributed by atoms with van der Waals surface area (Å²) in [6.07, 6.45) is 1.45. The molecule has 22 heavy (non-hydrogen) atoms. The molecule has 0 bridgehead atoms. The van der Waals surface area contributed by atoms with E-state index in [0.717, 1.165) is 0 Å². The van der Waals surface area contributed by atoms with Crippen molar-refractivity contribution >= 4 is 23.2 Å². The van der Waals surface area contributed by atoms with E-state index in [9.17, 15) is 14.4 Å². The van der Waals surface area contributed by atoms with Gasteiger partial charge in [0, 0.05) is 18.2 Å². The minimum Gasteiger partial charge on any atom is -0.468 e. The Morgan fingerprint density at radius 3 is 2.41 bits per heavy atom. The number of aliphatic imine (C=N–C) groups is 1. The zero-order valence-corrected chi connectivity index (χ0v) is 14.4. The van der Waals surface area contributed by atoms with Crippen LogP contribution in [0.25, 0.3) is 0 Å². The van der Waals surface area contributed by atoms with Gasteiger partial charge in [-0.15, -0.1) is 0 Å². The fraction of sp³-hybridized carbons (Fsp3) is 0.765. The van der Waals surface area contributed by atoms with Crippen molar-refractivity contribution in [3.8, 4) is 0 Å². The highest BCUT2D eigenvalue weighted by atomic mass is 16.5. The first kappa shape index (κ1) is 18.5. The van der Waals surface area contributed by atoms with Gasteiger partial charge < -0.3 is 4.74 Å². The molecule has 0 aliphatic heterocycles. The normalized spacial score (nSPS) is 26.3. The second-order valence-corrected chi connectivity index (χ2v) is 6.89. The second kappa shape index (κ2) is 7.16. The van der Waals surface area contributed by atoms with Crippen LogP contribution in [0.2, 0.25) is 0 Å². The number of nitrogens with zero attached hydrogens (tertiary/aromatic N) is 1. The Kier molecular flexibility index (Phi) is 6.03. The van der Waals surface area contributed by atoms with Crippen molar-refractivity contribution in [1.29, 1.82) is 0 Å². The van der Waals surface area contributed by atoms with Crippen molar-refractivity contribution in [2.24, 2.45) is 22.2 Å². The van der Waals surface area contributed by atoms with E-state index in [2.05, 4.69) is 4.99 Å². The monoisotopic (exact) mass is 309 g/mol. The average molecular weight is 309 g/mol. The Hall–Kier alpha value is -1.52. The summed E-state index contributed by atoms with van der Waals surface area (Å²) in [7, 11) is 1.27. The zero-order valence-electron chi connectivity index (χ0n) is 14.4. The third kappa shape index (κ3) is 3.81. The summed E-state index contributed by atoms with van der Waals surface area (Å²) in [4.78, 5) is 41.8. The molecule has 1 aliphatic carbocycles. The Morgan fingerprint density at radius 2 is 1.95 bits per heavy atom. The molecule has 5 nitrogen and oxygen atoms in total. The molecule has 2 atom stereocenters. The van der Waals surface area contributed by atoms with Gasteiger partial charge in [-0.2, -0.15) is 0 Å². The lowest BCUT2D eigenvalue weighted by Gasteiger charge is -2.39. The van der Waals surface area contributed by atoms with Crippen LogP contribution in [-0.2, 0) is 19.1 Å². The first-order chi connectivity index (χ1) is 10.2. The number of hydrogen-bond donors (Lipinski definition) is 0. The number of ether oxygens (including phenoxy) is 1. The van der Waals surface area contributed by atoms with Crippen molar-refractivity contribution in [2.45, 2.75) is 59.9 Å². The van der Waals surface area contributed by atoms with Crippen LogP contribution in [-0.4, -0.2) is 36.4 Å². The second-order valence-electron chi connectivity index (χ2n) is 6.89. The summed E-state index contributed by atoms with van der Waals surface area (Å²) in [5, 5.41) is 0. The van der Waals surface area contributed by atoms with E-state index < -0.39 is 23.2 Å². The summed E-state index contributed by atoms with van der Waals surface area (Å²) in [5.41, 5.74) is 0.0181. The topological polar surface area (TPSA) is 72.8 Å². The summed E-state index contributed by atoms with van der Waals surface area (Å²) >= 11 is 0. The van der Waals surface area contributed by atoms with E-state index in [1.807, 2.05) is 34.6 Å². The van der Waals surface area contributed by atoms with E-state index in [-0.39, 0.29) is 17.6 Å². The molecule has 0 amide bonds. The van der Waals surface area contributed by atoms with Crippen LogP contribution in [0.4, 0.5) is 0 Å². The predicted molar refractivity (Wildman–Crippen MR) is 84.9 cm³/mol. The molecule has 0 spiro atoms. The molecule has 1 saturated carbocycles. The lowest BCUT2D eigenvalue weighted by molar-refractivity contribution is -0.156. The maximum atomic E-state index is 12.8. The molecule has 0 unspecified atom stereocenters. The summed E-state index contributed by atoms with van der Waals surface area (Å²) in [5.74, 6) is -2.86. The minimum atomic E-state index is -0.908. The van der Waals surface area contributed by atoms with Gasteiger partial charge >= 0.3 is 5.97 Å². The third-order valence-electron chi connectivity index (χ3n) is 4.00. The lowest BCUT2D eigenvalue weighted by atomic mass is 9.62. The Balaban J connectivity index is 3.31. The number of Topliss-reactive ketones (excluding diaryl/α,β-unsaturated/α-hetero) is 2. The van der Waals surface area contributed by atoms with Crippen LogP contribution in [0.1, 0.15) is 53.9 Å². The van der Waals surface area contributed by atoms with Gasteiger partial charge in [-0.3, -0.25) is 19.4 Å². The van der Waals surface area contributed by atoms with E-state index in [1.54, 1.807) is 0 Å². The number of rotatable bonds is 5. The molecule has 0 aromatic rings. The first-order valence-corrected chi connectivity index (χ1v) is 7.86. The smallest absolute Gasteiger partial charge is 0.316 e. The van der Waals surface area contributed by atoms with Crippen LogP contribution < -0.4 is 0 Å². The van der Waals surface area contributed by atoms with Gasteiger partial charge in [0.1, 0.15) is 17.6 Å². The van der Waals surface area contributed by atoms with Crippen molar-refractivity contribution in [1.82, 2.24) is 0 Å². The number of ketones is 2. The molecule has 1 rings (SSSR count). The molecular formula is C17H27NO4. The predicted octanol–water partition coefficient (Wildman–Crippen LogP) is 2.61. The molecule has 1 aliphatic rings. The molecule has 0 radical (unpaired) electrons. The van der Waals surface area contributed by atoms with Crippen LogP contribution in [0, 0.1) is 17.3 Å². The standard InChI is InChI=1S/C17H27NO4/c1-7-8-12(19)13-11(18-10(2)3)9-17(4,5)14(15(13)20)16(21)22-6/h10,13-14H,7-9H2,1-6H3/t13-,14-/m0/s1. The van der Waals surface area contributed by atoms with Crippen molar-refractivity contribution < 1.29 is 19.1 Å². The minimum absolute atomic E-state index is 0.00482. The summed E-state index contributed by atoms with van der Waals surface area (Å²) in [6.45, 7) is 9.42. The van der Waals surface area contributed by atoms with E-state index in [4.69, 9.17) is 4.74 Å². The lowest BCUT2D eigenvalue weighted by Crippen LogP contribution is -2.52. The Morgan fingerprint density at radius 1 is 1.36 bits per heavy atom. The molecule has 0 aromatic carbocycles. The van der Waals surface area contributed by atoms with E-state index in [0.29, 0.717) is 25.0 Å². The van der Waals surface area contributed by atoms with Gasteiger partial charge in [-0.05, 0) is 32.1 Å². The van der Waals surface area contributed by atoms with Crippen molar-refractivity contribution in [3.63, 3.8) is 0 Å². The third-order valence-corrected chi connectivity index (χ3v) is 4.00. The van der Waals surface area contributed by atoms with Crippen LogP contribution in [0.3, 0.4) is 0 Å². The van der Waals surface area contributed by atoms with Crippen molar-refractivity contribution in [2.75, 3.05) is 7.11 Å². The Labute approximate surface area is 132 Å². The van der Waals surface area contributed by atoms with E-state index in [1.165, 1.54) is 7.11 Å². The first-order valence-electron chi connectivity index (χ1n) is 7.86. The van der Waals surface area contributed by atoms with Crippen LogP contribution in [0.5, 0.6) is 0 Å². The number of carbonyl (C=O) groups excluding carboxylic acids is 3. The molecule has 1 fully saturated rings. The molecule has 0 aromatic heterocycles. The number of esters is 1. The summed E-state index contributed by atoms with van der Waals surface area (Å²) in [6, 6.07) is 0.00482. The van der Waals surface area contributed by atoms with Gasteiger partial charge in [-0.25, -0.2) is 0 Å². The van der Waals surface area contributed by atoms with Crippen LogP contribution in [0.15, 0.2) is 4.99 Å². The van der Waals surface area contributed by atoms with Gasteiger partial charge in [0.15, 0.2) is 5.78 Å². The van der Waals surface area contributed by atoms with Gasteiger partial charge in [0.25, 0.3) is 0 Å². The number of hydrogen-bond acceptors (Lipinski definition) is 5. The van der Waals surface area contributed by atoms with E-state index >= 15 is 0 Å². The fourth-order valence-electron chi connectivity index (χ4n) is 3.13.